The maximum atomic E-state index is 14.1. The summed E-state index contributed by atoms with van der Waals surface area (Å²) in [6.45, 7) is 7.58. The number of amides is 2. The Morgan fingerprint density at radius 3 is 2.21 bits per heavy atom. The number of carbonyl (C=O) groups is 1. The van der Waals surface area contributed by atoms with E-state index in [1.165, 1.54) is 5.56 Å². The van der Waals surface area contributed by atoms with E-state index in [-0.39, 0.29) is 17.1 Å². The first kappa shape index (κ1) is 28.2. The highest BCUT2D eigenvalue weighted by Gasteiger charge is 2.57. The minimum atomic E-state index is -0.755. The Morgan fingerprint density at radius 2 is 1.66 bits per heavy atom. The highest BCUT2D eigenvalue weighted by molar-refractivity contribution is 7.99. The van der Waals surface area contributed by atoms with Gasteiger partial charge in [-0.15, -0.1) is 0 Å². The molecule has 1 spiro atoms. The van der Waals surface area contributed by atoms with Crippen LogP contribution in [0.25, 0.3) is 0 Å². The van der Waals surface area contributed by atoms with Crippen LogP contribution >= 0.6 is 11.8 Å². The molecular weight excluding hydrogens is 496 g/mol. The van der Waals surface area contributed by atoms with Crippen LogP contribution in [0.1, 0.15) is 64.4 Å². The molecule has 1 atom stereocenters. The second kappa shape index (κ2) is 10.6. The molecule has 2 aliphatic carbocycles. The van der Waals surface area contributed by atoms with Crippen LogP contribution in [0.3, 0.4) is 0 Å². The summed E-state index contributed by atoms with van der Waals surface area (Å²) in [6.07, 6.45) is 5.75. The molecule has 5 rings (SSSR count). The third-order valence-electron chi connectivity index (χ3n) is 10.2. The third-order valence-corrected chi connectivity index (χ3v) is 11.1. The summed E-state index contributed by atoms with van der Waals surface area (Å²) in [7, 11) is 4.35. The number of urea groups is 1. The monoisotopic (exact) mass is 544 g/mol. The van der Waals surface area contributed by atoms with Crippen LogP contribution in [0.4, 0.5) is 4.79 Å². The molecule has 2 aliphatic heterocycles. The van der Waals surface area contributed by atoms with Gasteiger partial charge in [0.1, 0.15) is 6.23 Å². The normalized spacial score (nSPS) is 31.2. The van der Waals surface area contributed by atoms with Crippen LogP contribution in [-0.4, -0.2) is 112 Å². The smallest absolute Gasteiger partial charge is 0.320 e. The average molecular weight is 545 g/mol. The van der Waals surface area contributed by atoms with Gasteiger partial charge in [0.15, 0.2) is 0 Å². The number of rotatable bonds is 8. The van der Waals surface area contributed by atoms with Gasteiger partial charge in [0.2, 0.25) is 0 Å². The predicted molar refractivity (Wildman–Crippen MR) is 154 cm³/mol. The molecule has 0 radical (unpaired) electrons. The summed E-state index contributed by atoms with van der Waals surface area (Å²) >= 11 is 1.94. The van der Waals surface area contributed by atoms with E-state index in [0.717, 1.165) is 69.5 Å². The molecule has 1 aromatic carbocycles. The number of hydrogen-bond acceptors (Lipinski definition) is 6. The molecule has 4 aliphatic rings. The first-order valence-corrected chi connectivity index (χ1v) is 15.7. The van der Waals surface area contributed by atoms with Crippen molar-refractivity contribution in [1.82, 2.24) is 19.6 Å². The van der Waals surface area contributed by atoms with E-state index in [1.54, 1.807) is 0 Å². The molecule has 2 amide bonds. The van der Waals surface area contributed by atoms with Crippen LogP contribution in [0, 0.1) is 5.41 Å². The van der Waals surface area contributed by atoms with E-state index in [4.69, 9.17) is 0 Å². The molecule has 1 aromatic rings. The molecule has 2 N–H and O–H groups in total. The van der Waals surface area contributed by atoms with E-state index < -0.39 is 17.2 Å². The molecule has 38 heavy (non-hydrogen) atoms. The van der Waals surface area contributed by atoms with Crippen molar-refractivity contribution in [3.05, 3.63) is 35.9 Å². The van der Waals surface area contributed by atoms with E-state index in [2.05, 4.69) is 73.0 Å². The van der Waals surface area contributed by atoms with E-state index in [1.807, 2.05) is 16.7 Å². The molecule has 7 nitrogen and oxygen atoms in total. The molecular formula is C30H48N4O3S. The van der Waals surface area contributed by atoms with Crippen molar-refractivity contribution >= 4 is 17.8 Å². The summed E-state index contributed by atoms with van der Waals surface area (Å²) in [5.74, 6) is 2.08. The zero-order chi connectivity index (χ0) is 27.2. The molecule has 2 heterocycles. The number of aliphatic hydroxyl groups is 2. The topological polar surface area (TPSA) is 70.5 Å². The Balaban J connectivity index is 1.38. The lowest BCUT2D eigenvalue weighted by Crippen LogP contribution is -2.59. The van der Waals surface area contributed by atoms with Gasteiger partial charge in [-0.2, -0.15) is 11.8 Å². The number of benzene rings is 1. The lowest BCUT2D eigenvalue weighted by atomic mass is 9.67. The summed E-state index contributed by atoms with van der Waals surface area (Å²) in [5.41, 5.74) is -0.194. The molecule has 2 saturated heterocycles. The van der Waals surface area contributed by atoms with Gasteiger partial charge in [-0.05, 0) is 64.6 Å². The molecule has 4 fully saturated rings. The third kappa shape index (κ3) is 5.12. The SMILES string of the molecule is CN(C)C1(c2ccccc2)CCC2(CC1)CN(CC(C)(C)C(O)N1CCSCC1)C(=O)N2CC1(O)CCC1. The van der Waals surface area contributed by atoms with Gasteiger partial charge in [0.25, 0.3) is 0 Å². The van der Waals surface area contributed by atoms with Crippen molar-refractivity contribution in [1.29, 1.82) is 0 Å². The number of carbonyl (C=O) groups excluding carboxylic acids is 1. The first-order chi connectivity index (χ1) is 18.0. The number of thioether (sulfide) groups is 1. The summed E-state index contributed by atoms with van der Waals surface area (Å²) in [5, 5.41) is 22.5. The van der Waals surface area contributed by atoms with Crippen molar-refractivity contribution in [2.75, 3.05) is 58.3 Å². The molecule has 0 bridgehead atoms. The van der Waals surface area contributed by atoms with Crippen LogP contribution in [-0.2, 0) is 5.54 Å². The fraction of sp³-hybridized carbons (Fsp3) is 0.767. The van der Waals surface area contributed by atoms with Gasteiger partial charge in [-0.25, -0.2) is 4.79 Å². The summed E-state index contributed by atoms with van der Waals surface area (Å²) in [6, 6.07) is 10.8. The zero-order valence-electron chi connectivity index (χ0n) is 23.9. The van der Waals surface area contributed by atoms with Crippen molar-refractivity contribution in [3.8, 4) is 0 Å². The summed E-state index contributed by atoms with van der Waals surface area (Å²) < 4.78 is 0. The van der Waals surface area contributed by atoms with Gasteiger partial charge in [-0.1, -0.05) is 44.2 Å². The van der Waals surface area contributed by atoms with E-state index >= 15 is 0 Å². The molecule has 212 valence electrons. The van der Waals surface area contributed by atoms with Gasteiger partial charge < -0.3 is 20.0 Å². The number of aliphatic hydroxyl groups excluding tert-OH is 1. The fourth-order valence-electron chi connectivity index (χ4n) is 7.47. The minimum Gasteiger partial charge on any atom is -0.388 e. The highest BCUT2D eigenvalue weighted by atomic mass is 32.2. The van der Waals surface area contributed by atoms with Crippen LogP contribution in [0.15, 0.2) is 30.3 Å². The van der Waals surface area contributed by atoms with Gasteiger partial charge in [0, 0.05) is 48.6 Å². The van der Waals surface area contributed by atoms with E-state index in [0.29, 0.717) is 19.6 Å². The van der Waals surface area contributed by atoms with Crippen molar-refractivity contribution < 1.29 is 15.0 Å². The number of β-amino-alcohol motifs (C(OH)–C–C–N with tert-alkyl or cyclic N) is 1. The van der Waals surface area contributed by atoms with Crippen LogP contribution < -0.4 is 0 Å². The highest BCUT2D eigenvalue weighted by Crippen LogP contribution is 2.50. The minimum absolute atomic E-state index is 0.0388. The van der Waals surface area contributed by atoms with Crippen LogP contribution in [0.2, 0.25) is 0 Å². The number of nitrogens with zero attached hydrogens (tertiary/aromatic N) is 4. The maximum Gasteiger partial charge on any atom is 0.320 e. The first-order valence-electron chi connectivity index (χ1n) is 14.5. The second-order valence-electron chi connectivity index (χ2n) is 13.3. The summed E-state index contributed by atoms with van der Waals surface area (Å²) in [4.78, 5) is 22.7. The fourth-order valence-corrected chi connectivity index (χ4v) is 8.40. The lowest BCUT2D eigenvalue weighted by molar-refractivity contribution is -0.0808. The largest absolute Gasteiger partial charge is 0.388 e. The van der Waals surface area contributed by atoms with Gasteiger partial charge in [-0.3, -0.25) is 9.80 Å². The number of hydrogen-bond donors (Lipinski definition) is 2. The van der Waals surface area contributed by atoms with E-state index in [9.17, 15) is 15.0 Å². The van der Waals surface area contributed by atoms with Gasteiger partial charge in [0.05, 0.1) is 17.7 Å². The lowest BCUT2D eigenvalue weighted by Gasteiger charge is -2.52. The van der Waals surface area contributed by atoms with Crippen molar-refractivity contribution in [3.63, 3.8) is 0 Å². The molecule has 1 unspecified atom stereocenters. The Morgan fingerprint density at radius 1 is 1.03 bits per heavy atom. The molecule has 2 saturated carbocycles. The Bertz CT molecular complexity index is 969. The molecule has 8 heteroatoms. The molecule has 0 aromatic heterocycles. The van der Waals surface area contributed by atoms with Gasteiger partial charge >= 0.3 is 6.03 Å². The Kier molecular flexibility index (Phi) is 7.86. The van der Waals surface area contributed by atoms with Crippen molar-refractivity contribution in [2.24, 2.45) is 5.41 Å². The van der Waals surface area contributed by atoms with Crippen LogP contribution in [0.5, 0.6) is 0 Å². The maximum absolute atomic E-state index is 14.1. The zero-order valence-corrected chi connectivity index (χ0v) is 24.7. The predicted octanol–water partition coefficient (Wildman–Crippen LogP) is 3.80. The standard InChI is InChI=1S/C30H48N4O3S/c1-27(2,25(35)32-17-19-38-20-18-32)21-33-22-28(34(26(33)36)23-29(37)11-8-12-29)13-15-30(16-14-28,31(3)4)24-9-6-5-7-10-24/h5-7,9-10,25,35,37H,8,11-23H2,1-4H3. The average Bonchev–Trinajstić information content (AvgIpc) is 3.13. The Labute approximate surface area is 233 Å². The Hall–Kier alpha value is -1.32. The second-order valence-corrected chi connectivity index (χ2v) is 14.6. The van der Waals surface area contributed by atoms with Crippen molar-refractivity contribution in [2.45, 2.75) is 81.7 Å². The quantitative estimate of drug-likeness (QED) is 0.519.